The van der Waals surface area contributed by atoms with E-state index in [2.05, 4.69) is 11.0 Å². The van der Waals surface area contributed by atoms with Gasteiger partial charge in [0, 0.05) is 37.5 Å². The van der Waals surface area contributed by atoms with Crippen molar-refractivity contribution in [2.45, 2.75) is 6.42 Å². The van der Waals surface area contributed by atoms with Crippen LogP contribution in [0, 0.1) is 17.2 Å². The van der Waals surface area contributed by atoms with Crippen LogP contribution < -0.4 is 10.6 Å². The van der Waals surface area contributed by atoms with Gasteiger partial charge < -0.3 is 15.4 Å². The van der Waals surface area contributed by atoms with Crippen molar-refractivity contribution >= 4 is 11.4 Å². The minimum Gasteiger partial charge on any atom is -0.398 e. The summed E-state index contributed by atoms with van der Waals surface area (Å²) in [5.41, 5.74) is 7.89. The molecule has 0 saturated carbocycles. The van der Waals surface area contributed by atoms with Gasteiger partial charge >= 0.3 is 0 Å². The minimum atomic E-state index is 0.545. The standard InChI is InChI=1S/C13H17N3O/c1-17-9-10-4-5-16(8-10)12-2-3-13(15)11(6-12)7-14/h2-3,6,10H,4-5,8-9,15H2,1H3. The van der Waals surface area contributed by atoms with Gasteiger partial charge in [0.25, 0.3) is 0 Å². The number of hydrogen-bond acceptors (Lipinski definition) is 4. The monoisotopic (exact) mass is 231 g/mol. The maximum atomic E-state index is 8.95. The highest BCUT2D eigenvalue weighted by Crippen LogP contribution is 2.26. The predicted molar refractivity (Wildman–Crippen MR) is 67.8 cm³/mol. The average molecular weight is 231 g/mol. The van der Waals surface area contributed by atoms with E-state index in [0.717, 1.165) is 31.8 Å². The quantitative estimate of drug-likeness (QED) is 0.803. The molecule has 0 radical (unpaired) electrons. The van der Waals surface area contributed by atoms with Crippen LogP contribution in [0.1, 0.15) is 12.0 Å². The molecule has 4 heteroatoms. The molecule has 0 spiro atoms. The van der Waals surface area contributed by atoms with Gasteiger partial charge in [0.05, 0.1) is 12.2 Å². The molecule has 2 rings (SSSR count). The molecule has 17 heavy (non-hydrogen) atoms. The highest BCUT2D eigenvalue weighted by Gasteiger charge is 2.22. The topological polar surface area (TPSA) is 62.3 Å². The molecule has 1 atom stereocenters. The van der Waals surface area contributed by atoms with Crippen LogP contribution in [-0.4, -0.2) is 26.8 Å². The first-order chi connectivity index (χ1) is 8.24. The molecule has 2 N–H and O–H groups in total. The first kappa shape index (κ1) is 11.7. The summed E-state index contributed by atoms with van der Waals surface area (Å²) < 4.78 is 5.17. The fraction of sp³-hybridized carbons (Fsp3) is 0.462. The molecule has 1 fully saturated rings. The van der Waals surface area contributed by atoms with Gasteiger partial charge in [-0.3, -0.25) is 0 Å². The van der Waals surface area contributed by atoms with Crippen LogP contribution in [0.4, 0.5) is 11.4 Å². The fourth-order valence-electron chi connectivity index (χ4n) is 2.28. The van der Waals surface area contributed by atoms with E-state index in [9.17, 15) is 0 Å². The van der Waals surface area contributed by atoms with Crippen LogP contribution in [0.25, 0.3) is 0 Å². The van der Waals surface area contributed by atoms with Gasteiger partial charge in [0.15, 0.2) is 0 Å². The average Bonchev–Trinajstić information content (AvgIpc) is 2.79. The van der Waals surface area contributed by atoms with E-state index < -0.39 is 0 Å². The summed E-state index contributed by atoms with van der Waals surface area (Å²) >= 11 is 0. The van der Waals surface area contributed by atoms with Crippen molar-refractivity contribution in [3.63, 3.8) is 0 Å². The molecule has 1 aliphatic heterocycles. The van der Waals surface area contributed by atoms with Crippen molar-refractivity contribution in [2.75, 3.05) is 37.4 Å². The fourth-order valence-corrected chi connectivity index (χ4v) is 2.28. The molecule has 90 valence electrons. The van der Waals surface area contributed by atoms with Gasteiger partial charge in [-0.15, -0.1) is 0 Å². The third-order valence-electron chi connectivity index (χ3n) is 3.21. The summed E-state index contributed by atoms with van der Waals surface area (Å²) in [4.78, 5) is 2.28. The molecule has 0 aliphatic carbocycles. The lowest BCUT2D eigenvalue weighted by atomic mass is 10.1. The molecule has 1 aromatic rings. The van der Waals surface area contributed by atoms with Gasteiger partial charge in [0.2, 0.25) is 0 Å². The normalized spacial score (nSPS) is 19.3. The lowest BCUT2D eigenvalue weighted by Crippen LogP contribution is -2.21. The third-order valence-corrected chi connectivity index (χ3v) is 3.21. The number of rotatable bonds is 3. The Labute approximate surface area is 102 Å². The Morgan fingerprint density at radius 2 is 2.41 bits per heavy atom. The van der Waals surface area contributed by atoms with E-state index in [4.69, 9.17) is 15.7 Å². The second-order valence-electron chi connectivity index (χ2n) is 4.44. The van der Waals surface area contributed by atoms with Crippen molar-refractivity contribution in [3.05, 3.63) is 23.8 Å². The molecular weight excluding hydrogens is 214 g/mol. The number of nitrogens with zero attached hydrogens (tertiary/aromatic N) is 2. The van der Waals surface area contributed by atoms with Crippen LogP contribution in [0.2, 0.25) is 0 Å². The highest BCUT2D eigenvalue weighted by molar-refractivity contribution is 5.63. The zero-order valence-electron chi connectivity index (χ0n) is 10.0. The zero-order chi connectivity index (χ0) is 12.3. The number of benzene rings is 1. The Kier molecular flexibility index (Phi) is 3.50. The molecule has 0 bridgehead atoms. The van der Waals surface area contributed by atoms with Gasteiger partial charge in [-0.2, -0.15) is 5.26 Å². The van der Waals surface area contributed by atoms with Crippen LogP contribution in [-0.2, 0) is 4.74 Å². The third kappa shape index (κ3) is 2.51. The van der Waals surface area contributed by atoms with E-state index in [-0.39, 0.29) is 0 Å². The van der Waals surface area contributed by atoms with E-state index >= 15 is 0 Å². The molecule has 1 aromatic carbocycles. The SMILES string of the molecule is COCC1CCN(c2ccc(N)c(C#N)c2)C1. The summed E-state index contributed by atoms with van der Waals surface area (Å²) in [6.07, 6.45) is 1.14. The Hall–Kier alpha value is -1.73. The number of hydrogen-bond donors (Lipinski definition) is 1. The number of nitriles is 1. The van der Waals surface area contributed by atoms with Crippen LogP contribution in [0.15, 0.2) is 18.2 Å². The second kappa shape index (κ2) is 5.07. The maximum Gasteiger partial charge on any atom is 0.101 e. The summed E-state index contributed by atoms with van der Waals surface area (Å²) in [5, 5.41) is 8.95. The number of ether oxygens (including phenoxy) is 1. The molecule has 0 aromatic heterocycles. The summed E-state index contributed by atoms with van der Waals surface area (Å²) in [5.74, 6) is 0.586. The van der Waals surface area contributed by atoms with Gasteiger partial charge in [0.1, 0.15) is 6.07 Å². The van der Waals surface area contributed by atoms with E-state index in [1.807, 2.05) is 12.1 Å². The number of nitrogens with two attached hydrogens (primary N) is 1. The smallest absolute Gasteiger partial charge is 0.101 e. The van der Waals surface area contributed by atoms with Gasteiger partial charge in [-0.1, -0.05) is 0 Å². The molecule has 1 saturated heterocycles. The molecule has 4 nitrogen and oxygen atoms in total. The molecule has 1 aliphatic rings. The van der Waals surface area contributed by atoms with Crippen molar-refractivity contribution in [3.8, 4) is 6.07 Å². The van der Waals surface area contributed by atoms with Crippen LogP contribution >= 0.6 is 0 Å². The summed E-state index contributed by atoms with van der Waals surface area (Å²) in [6, 6.07) is 7.77. The Morgan fingerprint density at radius 1 is 1.59 bits per heavy atom. The van der Waals surface area contributed by atoms with E-state index in [1.54, 1.807) is 13.2 Å². The zero-order valence-corrected chi connectivity index (χ0v) is 10.0. The van der Waals surface area contributed by atoms with Crippen molar-refractivity contribution in [2.24, 2.45) is 5.92 Å². The minimum absolute atomic E-state index is 0.545. The van der Waals surface area contributed by atoms with Gasteiger partial charge in [-0.05, 0) is 24.6 Å². The number of methoxy groups -OCH3 is 1. The van der Waals surface area contributed by atoms with Crippen LogP contribution in [0.5, 0.6) is 0 Å². The van der Waals surface area contributed by atoms with Crippen LogP contribution in [0.3, 0.4) is 0 Å². The Bertz CT molecular complexity index is 439. The van der Waals surface area contributed by atoms with E-state index in [0.29, 0.717) is 17.2 Å². The molecule has 1 unspecified atom stereocenters. The summed E-state index contributed by atoms with van der Waals surface area (Å²) in [7, 11) is 1.74. The lowest BCUT2D eigenvalue weighted by molar-refractivity contribution is 0.161. The van der Waals surface area contributed by atoms with Crippen molar-refractivity contribution in [1.82, 2.24) is 0 Å². The second-order valence-corrected chi connectivity index (χ2v) is 4.44. The molecular formula is C13H17N3O. The van der Waals surface area contributed by atoms with Gasteiger partial charge in [-0.25, -0.2) is 0 Å². The lowest BCUT2D eigenvalue weighted by Gasteiger charge is -2.19. The highest BCUT2D eigenvalue weighted by atomic mass is 16.5. The summed E-state index contributed by atoms with van der Waals surface area (Å²) in [6.45, 7) is 2.81. The Morgan fingerprint density at radius 3 is 3.12 bits per heavy atom. The maximum absolute atomic E-state index is 8.95. The largest absolute Gasteiger partial charge is 0.398 e. The predicted octanol–water partition coefficient (Wildman–Crippen LogP) is 1.61. The van der Waals surface area contributed by atoms with Crippen molar-refractivity contribution < 1.29 is 4.74 Å². The first-order valence-corrected chi connectivity index (χ1v) is 5.78. The van der Waals surface area contributed by atoms with Crippen molar-refractivity contribution in [1.29, 1.82) is 5.26 Å². The number of anilines is 2. The van der Waals surface area contributed by atoms with E-state index in [1.165, 1.54) is 0 Å². The molecule has 0 amide bonds. The number of nitrogen functional groups attached to an aromatic ring is 1. The Balaban J connectivity index is 2.11. The first-order valence-electron chi connectivity index (χ1n) is 5.78. The molecule has 1 heterocycles.